The first kappa shape index (κ1) is 21.9. The molecule has 8 nitrogen and oxygen atoms in total. The maximum absolute atomic E-state index is 14.7. The molecule has 2 aromatic carbocycles. The predicted octanol–water partition coefficient (Wildman–Crippen LogP) is 3.88. The van der Waals surface area contributed by atoms with Crippen molar-refractivity contribution in [3.8, 4) is 11.4 Å². The predicted molar refractivity (Wildman–Crippen MR) is 119 cm³/mol. The van der Waals surface area contributed by atoms with Gasteiger partial charge in [-0.1, -0.05) is 12.5 Å². The minimum atomic E-state index is -3.99. The van der Waals surface area contributed by atoms with Gasteiger partial charge in [-0.05, 0) is 55.7 Å². The van der Waals surface area contributed by atoms with E-state index in [1.807, 2.05) is 4.57 Å². The van der Waals surface area contributed by atoms with Crippen LogP contribution < -0.4 is 10.0 Å². The molecule has 1 aromatic heterocycles. The number of halogens is 1. The molecule has 0 saturated heterocycles. The highest BCUT2D eigenvalue weighted by molar-refractivity contribution is 7.92. The third kappa shape index (κ3) is 4.50. The van der Waals surface area contributed by atoms with Gasteiger partial charge in [-0.3, -0.25) is 9.52 Å². The lowest BCUT2D eigenvalue weighted by atomic mass is 10.1. The fraction of sp³-hybridized carbons (Fsp3) is 0.318. The van der Waals surface area contributed by atoms with Crippen molar-refractivity contribution in [1.82, 2.24) is 14.8 Å². The molecule has 0 fully saturated rings. The van der Waals surface area contributed by atoms with E-state index in [0.717, 1.165) is 31.5 Å². The maximum atomic E-state index is 14.7. The Morgan fingerprint density at radius 3 is 2.62 bits per heavy atom. The van der Waals surface area contributed by atoms with Gasteiger partial charge in [0.1, 0.15) is 11.6 Å². The molecule has 0 radical (unpaired) electrons. The number of nitrogens with zero attached hydrogens (tertiary/aromatic N) is 3. The van der Waals surface area contributed by atoms with E-state index >= 15 is 0 Å². The number of hydrogen-bond donors (Lipinski definition) is 2. The van der Waals surface area contributed by atoms with E-state index < -0.39 is 15.8 Å². The van der Waals surface area contributed by atoms with Crippen LogP contribution in [0, 0.1) is 12.7 Å². The van der Waals surface area contributed by atoms with Crippen molar-refractivity contribution in [2.24, 2.45) is 0 Å². The molecular weight excluding hydrogens is 433 g/mol. The first-order valence-electron chi connectivity index (χ1n) is 10.4. The zero-order chi connectivity index (χ0) is 22.9. The summed E-state index contributed by atoms with van der Waals surface area (Å²) >= 11 is 0. The summed E-state index contributed by atoms with van der Waals surface area (Å²) in [5, 5.41) is 11.0. The van der Waals surface area contributed by atoms with E-state index in [1.165, 1.54) is 31.2 Å². The van der Waals surface area contributed by atoms with Gasteiger partial charge in [0.2, 0.25) is 5.91 Å². The Hall–Kier alpha value is -3.27. The molecule has 2 N–H and O–H groups in total. The van der Waals surface area contributed by atoms with Gasteiger partial charge in [0.15, 0.2) is 5.82 Å². The highest BCUT2D eigenvalue weighted by Gasteiger charge is 2.22. The van der Waals surface area contributed by atoms with Crippen molar-refractivity contribution in [2.75, 3.05) is 10.0 Å². The molecule has 0 spiro atoms. The zero-order valence-corrected chi connectivity index (χ0v) is 18.7. The quantitative estimate of drug-likeness (QED) is 0.605. The van der Waals surface area contributed by atoms with Gasteiger partial charge < -0.3 is 9.88 Å². The molecule has 0 unspecified atom stereocenters. The van der Waals surface area contributed by atoms with Crippen molar-refractivity contribution in [1.29, 1.82) is 0 Å². The summed E-state index contributed by atoms with van der Waals surface area (Å²) in [6, 6.07) is 8.64. The Balaban J connectivity index is 1.68. The normalized spacial score (nSPS) is 13.8. The fourth-order valence-corrected chi connectivity index (χ4v) is 5.15. The van der Waals surface area contributed by atoms with Crippen LogP contribution in [0.3, 0.4) is 0 Å². The van der Waals surface area contributed by atoms with E-state index in [2.05, 4.69) is 20.2 Å². The average Bonchev–Trinajstić information content (AvgIpc) is 2.98. The summed E-state index contributed by atoms with van der Waals surface area (Å²) in [4.78, 5) is 11.4. The van der Waals surface area contributed by atoms with Crippen LogP contribution in [-0.4, -0.2) is 29.1 Å². The second kappa shape index (κ2) is 8.70. The minimum absolute atomic E-state index is 0.0194. The Bertz CT molecular complexity index is 1290. The lowest BCUT2D eigenvalue weighted by Gasteiger charge is -2.14. The largest absolute Gasteiger partial charge is 0.326 e. The van der Waals surface area contributed by atoms with Crippen molar-refractivity contribution in [3.63, 3.8) is 0 Å². The Morgan fingerprint density at radius 1 is 1.06 bits per heavy atom. The Labute approximate surface area is 185 Å². The molecule has 2 heterocycles. The molecule has 32 heavy (non-hydrogen) atoms. The summed E-state index contributed by atoms with van der Waals surface area (Å²) in [6.45, 7) is 3.70. The Morgan fingerprint density at radius 2 is 1.84 bits per heavy atom. The zero-order valence-electron chi connectivity index (χ0n) is 17.9. The first-order valence-corrected chi connectivity index (χ1v) is 11.9. The van der Waals surface area contributed by atoms with Crippen LogP contribution in [0.4, 0.5) is 15.8 Å². The molecule has 168 valence electrons. The van der Waals surface area contributed by atoms with Crippen molar-refractivity contribution >= 4 is 27.3 Å². The molecule has 0 aliphatic carbocycles. The van der Waals surface area contributed by atoms with Crippen LogP contribution in [0.15, 0.2) is 41.3 Å². The topological polar surface area (TPSA) is 106 Å². The molecule has 3 aromatic rings. The molecule has 1 aliphatic heterocycles. The Kier molecular flexibility index (Phi) is 5.96. The van der Waals surface area contributed by atoms with Gasteiger partial charge in [0, 0.05) is 31.3 Å². The summed E-state index contributed by atoms with van der Waals surface area (Å²) < 4.78 is 45.3. The van der Waals surface area contributed by atoms with E-state index in [-0.39, 0.29) is 22.1 Å². The smallest absolute Gasteiger partial charge is 0.262 e. The van der Waals surface area contributed by atoms with Crippen LogP contribution >= 0.6 is 0 Å². The number of carbonyl (C=O) groups is 1. The number of hydrogen-bond acceptors (Lipinski definition) is 5. The van der Waals surface area contributed by atoms with Gasteiger partial charge in [0.05, 0.1) is 10.5 Å². The van der Waals surface area contributed by atoms with Crippen molar-refractivity contribution in [2.45, 2.75) is 51.0 Å². The molecule has 10 heteroatoms. The third-order valence-electron chi connectivity index (χ3n) is 5.37. The molecule has 4 rings (SSSR count). The number of amides is 1. The molecule has 1 amide bonds. The maximum Gasteiger partial charge on any atom is 0.262 e. The number of anilines is 2. The summed E-state index contributed by atoms with van der Waals surface area (Å²) in [6.07, 6.45) is 3.82. The summed E-state index contributed by atoms with van der Waals surface area (Å²) in [5.74, 6) is 0.398. The van der Waals surface area contributed by atoms with Gasteiger partial charge in [0.25, 0.3) is 10.0 Å². The van der Waals surface area contributed by atoms with Crippen LogP contribution in [0.1, 0.15) is 37.6 Å². The van der Waals surface area contributed by atoms with Gasteiger partial charge in [-0.2, -0.15) is 0 Å². The van der Waals surface area contributed by atoms with Crippen LogP contribution in [0.25, 0.3) is 11.4 Å². The number of nitrogens with one attached hydrogen (secondary N) is 2. The van der Waals surface area contributed by atoms with Gasteiger partial charge in [-0.15, -0.1) is 10.2 Å². The second-order valence-corrected chi connectivity index (χ2v) is 9.51. The van der Waals surface area contributed by atoms with Crippen LogP contribution in [-0.2, 0) is 27.8 Å². The van der Waals surface area contributed by atoms with E-state index in [4.69, 9.17) is 0 Å². The molecule has 0 atom stereocenters. The molecular formula is C22H24FN5O3S. The number of benzene rings is 2. The monoisotopic (exact) mass is 457 g/mol. The average molecular weight is 458 g/mol. The fourth-order valence-electron chi connectivity index (χ4n) is 3.83. The highest BCUT2D eigenvalue weighted by Crippen LogP contribution is 2.29. The lowest BCUT2D eigenvalue weighted by molar-refractivity contribution is -0.114. The number of rotatable bonds is 5. The second-order valence-electron chi connectivity index (χ2n) is 7.86. The van der Waals surface area contributed by atoms with Crippen LogP contribution in [0.2, 0.25) is 0 Å². The van der Waals surface area contributed by atoms with Gasteiger partial charge in [-0.25, -0.2) is 12.8 Å². The number of fused-ring (bicyclic) bond motifs is 1. The van der Waals surface area contributed by atoms with Crippen molar-refractivity contribution in [3.05, 3.63) is 53.6 Å². The third-order valence-corrected chi connectivity index (χ3v) is 6.89. The molecule has 0 bridgehead atoms. The summed E-state index contributed by atoms with van der Waals surface area (Å²) in [5.41, 5.74) is 1.28. The first-order chi connectivity index (χ1) is 15.2. The van der Waals surface area contributed by atoms with E-state index in [9.17, 15) is 17.6 Å². The number of carbonyl (C=O) groups excluding carboxylic acids is 1. The molecule has 1 aliphatic rings. The van der Waals surface area contributed by atoms with Crippen molar-refractivity contribution < 1.29 is 17.6 Å². The number of aryl methyl sites for hydroxylation is 2. The number of sulfonamides is 1. The van der Waals surface area contributed by atoms with Gasteiger partial charge >= 0.3 is 0 Å². The van der Waals surface area contributed by atoms with E-state index in [0.29, 0.717) is 23.6 Å². The summed E-state index contributed by atoms with van der Waals surface area (Å²) in [7, 11) is -3.99. The standard InChI is InChI=1S/C22H24FN5O3S/c1-14-7-8-16(24-15(2)29)13-20(14)32(30,31)27-17-9-10-19(23)18(12-17)22-26-25-21-6-4-3-5-11-28(21)22/h7-10,12-13,27H,3-6,11H2,1-2H3,(H,24,29). The number of aromatic nitrogens is 3. The highest BCUT2D eigenvalue weighted by atomic mass is 32.2. The SMILES string of the molecule is CC(=O)Nc1ccc(C)c(S(=O)(=O)Nc2ccc(F)c(-c3nnc4n3CCCCC4)c2)c1. The molecule has 0 saturated carbocycles. The lowest BCUT2D eigenvalue weighted by Crippen LogP contribution is -2.15. The van der Waals surface area contributed by atoms with Crippen LogP contribution in [0.5, 0.6) is 0 Å². The minimum Gasteiger partial charge on any atom is -0.326 e. The van der Waals surface area contributed by atoms with E-state index in [1.54, 1.807) is 19.1 Å².